The van der Waals surface area contributed by atoms with Crippen LogP contribution in [0, 0.1) is 6.92 Å². The summed E-state index contributed by atoms with van der Waals surface area (Å²) in [6.45, 7) is 1.64. The van der Waals surface area contributed by atoms with Gasteiger partial charge in [0, 0.05) is 0 Å². The molecule has 0 amide bonds. The average Bonchev–Trinajstić information content (AvgIpc) is 2.76. The summed E-state index contributed by atoms with van der Waals surface area (Å²) in [6.07, 6.45) is -4.37. The molecule has 0 unspecified atom stereocenters. The van der Waals surface area contributed by atoms with E-state index in [1.807, 2.05) is 0 Å². The molecule has 0 saturated heterocycles. The number of rotatable bonds is 0. The third-order valence-electron chi connectivity index (χ3n) is 2.52. The zero-order valence-corrected chi connectivity index (χ0v) is 9.43. The number of aryl methyl sites for hydroxylation is 1. The van der Waals surface area contributed by atoms with Crippen LogP contribution in [0.1, 0.15) is 11.4 Å². The van der Waals surface area contributed by atoms with Crippen molar-refractivity contribution in [3.8, 4) is 0 Å². The fourth-order valence-electron chi connectivity index (χ4n) is 1.83. The van der Waals surface area contributed by atoms with Crippen molar-refractivity contribution < 1.29 is 13.2 Å². The molecule has 0 spiro atoms. The molecule has 3 rings (SSSR count). The van der Waals surface area contributed by atoms with E-state index in [2.05, 4.69) is 10.2 Å². The van der Waals surface area contributed by atoms with Crippen LogP contribution in [0.3, 0.4) is 0 Å². The number of para-hydroxylation sites is 1. The monoisotopic (exact) mass is 257 g/mol. The highest BCUT2D eigenvalue weighted by atomic mass is 32.1. The predicted octanol–water partition coefficient (Wildman–Crippen LogP) is 3.27. The first-order valence-corrected chi connectivity index (χ1v) is 5.60. The van der Waals surface area contributed by atoms with Crippen molar-refractivity contribution in [3.05, 3.63) is 29.6 Å². The van der Waals surface area contributed by atoms with E-state index in [4.69, 9.17) is 0 Å². The Morgan fingerprint density at radius 3 is 2.71 bits per heavy atom. The second-order valence-corrected chi connectivity index (χ2v) is 4.63. The molecule has 2 heterocycles. The zero-order valence-electron chi connectivity index (χ0n) is 8.62. The van der Waals surface area contributed by atoms with Gasteiger partial charge in [-0.3, -0.25) is 4.40 Å². The molecule has 3 aromatic rings. The summed E-state index contributed by atoms with van der Waals surface area (Å²) in [4.78, 5) is 0.481. The van der Waals surface area contributed by atoms with Gasteiger partial charge in [0.05, 0.1) is 15.8 Å². The molecule has 2 aromatic heterocycles. The topological polar surface area (TPSA) is 30.2 Å². The SMILES string of the molecule is Cc1nnc2sc3cccc(C(F)(F)F)c3n12. The van der Waals surface area contributed by atoms with Crippen molar-refractivity contribution >= 4 is 26.5 Å². The molecule has 0 saturated carbocycles. The molecule has 0 fully saturated rings. The molecule has 88 valence electrons. The molecule has 0 N–H and O–H groups in total. The number of aromatic nitrogens is 3. The molecule has 0 bridgehead atoms. The van der Waals surface area contributed by atoms with Gasteiger partial charge in [-0.05, 0) is 19.1 Å². The van der Waals surface area contributed by atoms with E-state index in [-0.39, 0.29) is 5.52 Å². The maximum Gasteiger partial charge on any atom is 0.418 e. The zero-order chi connectivity index (χ0) is 12.2. The van der Waals surface area contributed by atoms with Crippen molar-refractivity contribution in [2.24, 2.45) is 0 Å². The van der Waals surface area contributed by atoms with Crippen molar-refractivity contribution in [1.29, 1.82) is 0 Å². The molecule has 3 nitrogen and oxygen atoms in total. The van der Waals surface area contributed by atoms with E-state index in [9.17, 15) is 13.2 Å². The van der Waals surface area contributed by atoms with Gasteiger partial charge in [-0.1, -0.05) is 17.4 Å². The quantitative estimate of drug-likeness (QED) is 0.618. The molecule has 0 radical (unpaired) electrons. The second kappa shape index (κ2) is 3.19. The summed E-state index contributed by atoms with van der Waals surface area (Å²) in [5, 5.41) is 7.63. The Labute approximate surface area is 97.5 Å². The Hall–Kier alpha value is -1.63. The molecule has 0 aliphatic carbocycles. The molecular formula is C10H6F3N3S. The molecule has 7 heteroatoms. The lowest BCUT2D eigenvalue weighted by Crippen LogP contribution is -2.06. The average molecular weight is 257 g/mol. The second-order valence-electron chi connectivity index (χ2n) is 3.62. The third kappa shape index (κ3) is 1.42. The summed E-state index contributed by atoms with van der Waals surface area (Å²) >= 11 is 1.20. The van der Waals surface area contributed by atoms with Crippen LogP contribution in [0.5, 0.6) is 0 Å². The van der Waals surface area contributed by atoms with E-state index >= 15 is 0 Å². The van der Waals surface area contributed by atoms with Gasteiger partial charge in [0.1, 0.15) is 5.82 Å². The normalized spacial score (nSPS) is 12.7. The summed E-state index contributed by atoms with van der Waals surface area (Å²) in [5.41, 5.74) is -0.508. The van der Waals surface area contributed by atoms with Gasteiger partial charge in [0.25, 0.3) is 0 Å². The van der Waals surface area contributed by atoms with Gasteiger partial charge in [-0.15, -0.1) is 10.2 Å². The molecule has 0 atom stereocenters. The number of thiazole rings is 1. The number of hydrogen-bond donors (Lipinski definition) is 0. The fourth-order valence-corrected chi connectivity index (χ4v) is 2.87. The first kappa shape index (κ1) is 10.5. The van der Waals surface area contributed by atoms with E-state index in [1.165, 1.54) is 21.8 Å². The highest BCUT2D eigenvalue weighted by Crippen LogP contribution is 2.37. The summed E-state index contributed by atoms with van der Waals surface area (Å²) in [7, 11) is 0. The van der Waals surface area contributed by atoms with Crippen LogP contribution < -0.4 is 0 Å². The Kier molecular flexibility index (Phi) is 1.97. The van der Waals surface area contributed by atoms with Crippen LogP contribution in [0.2, 0.25) is 0 Å². The van der Waals surface area contributed by atoms with E-state index in [1.54, 1.807) is 13.0 Å². The van der Waals surface area contributed by atoms with Gasteiger partial charge < -0.3 is 0 Å². The smallest absolute Gasteiger partial charge is 0.269 e. The van der Waals surface area contributed by atoms with Gasteiger partial charge in [0.2, 0.25) is 4.96 Å². The number of halogens is 3. The van der Waals surface area contributed by atoms with Crippen LogP contribution in [0.25, 0.3) is 15.2 Å². The predicted molar refractivity (Wildman–Crippen MR) is 58.1 cm³/mol. The van der Waals surface area contributed by atoms with Crippen molar-refractivity contribution in [2.45, 2.75) is 13.1 Å². The Balaban J connectivity index is 2.55. The van der Waals surface area contributed by atoms with Crippen molar-refractivity contribution in [1.82, 2.24) is 14.6 Å². The number of fused-ring (bicyclic) bond motifs is 3. The van der Waals surface area contributed by atoms with Gasteiger partial charge in [-0.2, -0.15) is 13.2 Å². The molecule has 0 aliphatic heterocycles. The summed E-state index contributed by atoms with van der Waals surface area (Å²) in [6, 6.07) is 4.14. The third-order valence-corrected chi connectivity index (χ3v) is 3.52. The lowest BCUT2D eigenvalue weighted by Gasteiger charge is -2.08. The van der Waals surface area contributed by atoms with Gasteiger partial charge in [-0.25, -0.2) is 0 Å². The Morgan fingerprint density at radius 1 is 1.24 bits per heavy atom. The van der Waals surface area contributed by atoms with Crippen LogP contribution in [0.4, 0.5) is 13.2 Å². The Morgan fingerprint density at radius 2 is 2.00 bits per heavy atom. The van der Waals surface area contributed by atoms with Crippen molar-refractivity contribution in [3.63, 3.8) is 0 Å². The largest absolute Gasteiger partial charge is 0.418 e. The number of nitrogens with zero attached hydrogens (tertiary/aromatic N) is 3. The number of benzene rings is 1. The van der Waals surface area contributed by atoms with E-state index in [0.717, 1.165) is 6.07 Å². The number of alkyl halides is 3. The van der Waals surface area contributed by atoms with Crippen LogP contribution in [-0.2, 0) is 6.18 Å². The minimum Gasteiger partial charge on any atom is -0.269 e. The summed E-state index contributed by atoms with van der Waals surface area (Å²) < 4.78 is 40.7. The van der Waals surface area contributed by atoms with E-state index < -0.39 is 11.7 Å². The van der Waals surface area contributed by atoms with Gasteiger partial charge >= 0.3 is 6.18 Å². The van der Waals surface area contributed by atoms with Gasteiger partial charge in [0.15, 0.2) is 0 Å². The summed E-state index contributed by atoms with van der Waals surface area (Å²) in [5.74, 6) is 0.461. The molecule has 0 aliphatic rings. The lowest BCUT2D eigenvalue weighted by molar-refractivity contribution is -0.136. The maximum atomic E-state index is 12.9. The molecule has 1 aromatic carbocycles. The fraction of sp³-hybridized carbons (Fsp3) is 0.200. The standard InChI is InChI=1S/C10H6F3N3S/c1-5-14-15-9-16(5)8-6(10(11,12)13)3-2-4-7(8)17-9/h2-4H,1H3. The minimum atomic E-state index is -4.37. The Bertz CT molecular complexity index is 711. The van der Waals surface area contributed by atoms with Crippen molar-refractivity contribution in [2.75, 3.05) is 0 Å². The number of hydrogen-bond acceptors (Lipinski definition) is 3. The maximum absolute atomic E-state index is 12.9. The van der Waals surface area contributed by atoms with Crippen LogP contribution in [-0.4, -0.2) is 14.6 Å². The first-order chi connectivity index (χ1) is 7.98. The van der Waals surface area contributed by atoms with Crippen LogP contribution in [0.15, 0.2) is 18.2 Å². The minimum absolute atomic E-state index is 0.141. The molecular weight excluding hydrogens is 251 g/mol. The lowest BCUT2D eigenvalue weighted by atomic mass is 10.2. The highest BCUT2D eigenvalue weighted by molar-refractivity contribution is 7.23. The molecule has 17 heavy (non-hydrogen) atoms. The van der Waals surface area contributed by atoms with Crippen LogP contribution >= 0.6 is 11.3 Å². The first-order valence-electron chi connectivity index (χ1n) is 4.79. The van der Waals surface area contributed by atoms with E-state index in [0.29, 0.717) is 15.5 Å². The highest BCUT2D eigenvalue weighted by Gasteiger charge is 2.34.